The second-order valence-corrected chi connectivity index (χ2v) is 6.31. The van der Waals surface area contributed by atoms with Crippen LogP contribution in [0.4, 0.5) is 5.82 Å². The summed E-state index contributed by atoms with van der Waals surface area (Å²) in [7, 11) is 0. The minimum atomic E-state index is -0.887. The van der Waals surface area contributed by atoms with Crippen LogP contribution in [-0.2, 0) is 0 Å². The van der Waals surface area contributed by atoms with E-state index in [1.54, 1.807) is 12.3 Å². The number of aromatic carboxylic acids is 1. The third-order valence-electron chi connectivity index (χ3n) is 5.41. The molecule has 0 saturated heterocycles. The highest BCUT2D eigenvalue weighted by atomic mass is 16.4. The van der Waals surface area contributed by atoms with Crippen LogP contribution in [0.3, 0.4) is 0 Å². The molecule has 1 aromatic rings. The van der Waals surface area contributed by atoms with Gasteiger partial charge in [0.15, 0.2) is 0 Å². The minimum Gasteiger partial charge on any atom is -0.478 e. The number of nitrogens with one attached hydrogen (secondary N) is 1. The Hall–Kier alpha value is -1.58. The summed E-state index contributed by atoms with van der Waals surface area (Å²) in [6.45, 7) is 1.83. The van der Waals surface area contributed by atoms with Crippen molar-refractivity contribution in [3.8, 4) is 0 Å². The number of carbonyl (C=O) groups is 1. The maximum Gasteiger partial charge on any atom is 0.339 e. The normalized spacial score (nSPS) is 38.1. The molecule has 0 aromatic carbocycles. The van der Waals surface area contributed by atoms with E-state index in [2.05, 4.69) is 10.3 Å². The fourth-order valence-corrected chi connectivity index (χ4v) is 4.61. The number of carboxylic acids is 1. The van der Waals surface area contributed by atoms with Crippen molar-refractivity contribution < 1.29 is 9.90 Å². The van der Waals surface area contributed by atoms with Crippen LogP contribution in [0.1, 0.15) is 35.2 Å². The van der Waals surface area contributed by atoms with Gasteiger partial charge in [0.1, 0.15) is 11.4 Å². The lowest BCUT2D eigenvalue weighted by Crippen LogP contribution is -2.17. The Morgan fingerprint density at radius 3 is 2.68 bits per heavy atom. The monoisotopic (exact) mass is 258 g/mol. The summed E-state index contributed by atoms with van der Waals surface area (Å²) in [5, 5.41) is 12.7. The highest BCUT2D eigenvalue weighted by molar-refractivity contribution is 5.94. The van der Waals surface area contributed by atoms with Gasteiger partial charge in [-0.25, -0.2) is 9.78 Å². The number of nitrogens with zero attached hydrogens (tertiary/aromatic N) is 1. The molecule has 4 nitrogen and oxygen atoms in total. The minimum absolute atomic E-state index is 0.333. The molecule has 4 atom stereocenters. The largest absolute Gasteiger partial charge is 0.478 e. The molecule has 0 spiro atoms. The van der Waals surface area contributed by atoms with Gasteiger partial charge in [-0.15, -0.1) is 0 Å². The van der Waals surface area contributed by atoms with Crippen molar-refractivity contribution in [2.75, 3.05) is 5.32 Å². The summed E-state index contributed by atoms with van der Waals surface area (Å²) in [6.07, 6.45) is 5.84. The number of aryl methyl sites for hydroxylation is 1. The molecule has 19 heavy (non-hydrogen) atoms. The first-order chi connectivity index (χ1) is 9.16. The molecular formula is C15H18N2O2. The van der Waals surface area contributed by atoms with Gasteiger partial charge in [0, 0.05) is 12.2 Å². The van der Waals surface area contributed by atoms with Gasteiger partial charge >= 0.3 is 5.97 Å². The van der Waals surface area contributed by atoms with Crippen molar-refractivity contribution in [1.82, 2.24) is 4.98 Å². The molecule has 1 aromatic heterocycles. The van der Waals surface area contributed by atoms with Gasteiger partial charge in [-0.3, -0.25) is 0 Å². The Morgan fingerprint density at radius 1 is 1.37 bits per heavy atom. The summed E-state index contributed by atoms with van der Waals surface area (Å²) in [4.78, 5) is 15.6. The van der Waals surface area contributed by atoms with Crippen molar-refractivity contribution in [3.63, 3.8) is 0 Å². The van der Waals surface area contributed by atoms with Crippen LogP contribution in [0.5, 0.6) is 0 Å². The number of pyridine rings is 1. The fraction of sp³-hybridized carbons (Fsp3) is 0.600. The van der Waals surface area contributed by atoms with Crippen LogP contribution in [-0.4, -0.2) is 22.1 Å². The van der Waals surface area contributed by atoms with Gasteiger partial charge in [0.05, 0.1) is 0 Å². The molecule has 0 amide bonds. The molecule has 3 saturated carbocycles. The number of hydrogen-bond donors (Lipinski definition) is 2. The van der Waals surface area contributed by atoms with E-state index < -0.39 is 5.97 Å². The first kappa shape index (κ1) is 11.3. The van der Waals surface area contributed by atoms with Crippen LogP contribution < -0.4 is 5.32 Å². The number of rotatable bonds is 3. The Kier molecular flexibility index (Phi) is 2.20. The van der Waals surface area contributed by atoms with Crippen molar-refractivity contribution in [2.24, 2.45) is 23.7 Å². The van der Waals surface area contributed by atoms with E-state index >= 15 is 0 Å². The first-order valence-electron chi connectivity index (χ1n) is 7.12. The van der Waals surface area contributed by atoms with Crippen LogP contribution in [0.15, 0.2) is 12.3 Å². The van der Waals surface area contributed by atoms with E-state index in [9.17, 15) is 9.90 Å². The van der Waals surface area contributed by atoms with E-state index in [1.165, 1.54) is 19.3 Å². The van der Waals surface area contributed by atoms with Crippen molar-refractivity contribution in [3.05, 3.63) is 23.4 Å². The Bertz CT molecular complexity index is 541. The smallest absolute Gasteiger partial charge is 0.339 e. The van der Waals surface area contributed by atoms with Crippen LogP contribution >= 0.6 is 0 Å². The van der Waals surface area contributed by atoms with Gasteiger partial charge in [-0.2, -0.15) is 0 Å². The molecule has 3 fully saturated rings. The molecule has 3 aliphatic carbocycles. The highest BCUT2D eigenvalue weighted by Gasteiger charge is 2.65. The number of anilines is 1. The molecule has 100 valence electrons. The zero-order chi connectivity index (χ0) is 13.1. The lowest BCUT2D eigenvalue weighted by molar-refractivity contribution is 0.0697. The molecular weight excluding hydrogens is 240 g/mol. The zero-order valence-electron chi connectivity index (χ0n) is 11.0. The average Bonchev–Trinajstić information content (AvgIpc) is 2.78. The van der Waals surface area contributed by atoms with Gasteiger partial charge in [-0.1, -0.05) is 0 Å². The molecule has 0 radical (unpaired) electrons. The standard InChI is InChI=1S/C15H18N2O2/c1-7-4-5-16-14(10(7)15(18)19)17-13-11-8-2-3-9(6-8)12(11)13/h4-5,8-9,11-13H,2-3,6H2,1H3,(H,16,17)(H,18,19). The average molecular weight is 258 g/mol. The van der Waals surface area contributed by atoms with Crippen LogP contribution in [0, 0.1) is 30.6 Å². The number of fused-ring (bicyclic) bond motifs is 5. The molecule has 4 unspecified atom stereocenters. The van der Waals surface area contributed by atoms with Crippen molar-refractivity contribution in [2.45, 2.75) is 32.2 Å². The van der Waals surface area contributed by atoms with E-state index in [0.717, 1.165) is 29.2 Å². The number of aromatic nitrogens is 1. The van der Waals surface area contributed by atoms with Crippen molar-refractivity contribution >= 4 is 11.8 Å². The lowest BCUT2D eigenvalue weighted by Gasteiger charge is -2.13. The summed E-state index contributed by atoms with van der Waals surface area (Å²) in [5.74, 6) is 3.00. The maximum absolute atomic E-state index is 11.4. The summed E-state index contributed by atoms with van der Waals surface area (Å²) in [6, 6.07) is 2.23. The van der Waals surface area contributed by atoms with Gasteiger partial charge in [0.25, 0.3) is 0 Å². The SMILES string of the molecule is Cc1ccnc(NC2C3C4CCC(C4)C23)c1C(=O)O. The van der Waals surface area contributed by atoms with Gasteiger partial charge in [0.2, 0.25) is 0 Å². The van der Waals surface area contributed by atoms with E-state index in [1.807, 2.05) is 6.92 Å². The molecule has 4 rings (SSSR count). The van der Waals surface area contributed by atoms with E-state index in [-0.39, 0.29) is 0 Å². The fourth-order valence-electron chi connectivity index (χ4n) is 4.61. The molecule has 3 aliphatic rings. The van der Waals surface area contributed by atoms with Crippen LogP contribution in [0.2, 0.25) is 0 Å². The number of carboxylic acid groups (broad SMARTS) is 1. The summed E-state index contributed by atoms with van der Waals surface area (Å²) in [5.41, 5.74) is 1.11. The number of hydrogen-bond acceptors (Lipinski definition) is 3. The third kappa shape index (κ3) is 1.52. The van der Waals surface area contributed by atoms with Gasteiger partial charge in [-0.05, 0) is 61.5 Å². The maximum atomic E-state index is 11.4. The van der Waals surface area contributed by atoms with Crippen LogP contribution in [0.25, 0.3) is 0 Å². The molecule has 1 heterocycles. The zero-order valence-corrected chi connectivity index (χ0v) is 11.0. The summed E-state index contributed by atoms with van der Waals surface area (Å²) >= 11 is 0. The molecule has 0 aliphatic heterocycles. The van der Waals surface area contributed by atoms with E-state index in [0.29, 0.717) is 17.4 Å². The molecule has 2 bridgehead atoms. The van der Waals surface area contributed by atoms with Gasteiger partial charge < -0.3 is 10.4 Å². The Morgan fingerprint density at radius 2 is 2.05 bits per heavy atom. The first-order valence-corrected chi connectivity index (χ1v) is 7.12. The molecule has 4 heteroatoms. The summed E-state index contributed by atoms with van der Waals surface area (Å²) < 4.78 is 0. The predicted molar refractivity (Wildman–Crippen MR) is 71.2 cm³/mol. The predicted octanol–water partition coefficient (Wildman–Crippen LogP) is 2.54. The second-order valence-electron chi connectivity index (χ2n) is 6.31. The second kappa shape index (κ2) is 3.71. The quantitative estimate of drug-likeness (QED) is 0.874. The lowest BCUT2D eigenvalue weighted by atomic mass is 10.0. The third-order valence-corrected chi connectivity index (χ3v) is 5.41. The Labute approximate surface area is 112 Å². The Balaban J connectivity index is 1.59. The van der Waals surface area contributed by atoms with E-state index in [4.69, 9.17) is 0 Å². The highest BCUT2D eigenvalue weighted by Crippen LogP contribution is 2.66. The topological polar surface area (TPSA) is 62.2 Å². The van der Waals surface area contributed by atoms with Crippen molar-refractivity contribution in [1.29, 1.82) is 0 Å². The molecule has 2 N–H and O–H groups in total.